The third kappa shape index (κ3) is 6.09. The first-order chi connectivity index (χ1) is 20.7. The molecule has 3 aliphatic rings. The fraction of sp³-hybridized carbons (Fsp3) is 0.419. The Labute approximate surface area is 264 Å². The molecule has 0 saturated carbocycles. The van der Waals surface area contributed by atoms with Crippen LogP contribution in [0.3, 0.4) is 0 Å². The maximum absolute atomic E-state index is 13.5. The van der Waals surface area contributed by atoms with Gasteiger partial charge in [-0.1, -0.05) is 25.0 Å². The predicted molar refractivity (Wildman–Crippen MR) is 168 cm³/mol. The minimum atomic E-state index is -1.12. The minimum Gasteiger partial charge on any atom is -0.504 e. The number of rotatable bonds is 8. The lowest BCUT2D eigenvalue weighted by atomic mass is 9.58. The number of imide groups is 3. The molecule has 5 rings (SSSR count). The molecule has 12 heteroatoms. The molecular weight excluding hydrogens is 666 g/mol. The van der Waals surface area contributed by atoms with Crippen molar-refractivity contribution in [3.05, 3.63) is 62.5 Å². The molecule has 3 amide bonds. The van der Waals surface area contributed by atoms with E-state index < -0.39 is 48.9 Å². The Balaban J connectivity index is 1.50. The molecular formula is C31H34BIN2O8. The number of phenols is 1. The number of hydrogen-bond donors (Lipinski definition) is 2. The molecule has 0 spiro atoms. The number of phenolic OH excluding ortho intramolecular Hbond substituents is 1. The first-order valence-corrected chi connectivity index (χ1v) is 15.5. The first-order valence-electron chi connectivity index (χ1n) is 14.4. The molecule has 2 aliphatic heterocycles. The Morgan fingerprint density at radius 2 is 2.02 bits per heavy atom. The van der Waals surface area contributed by atoms with Gasteiger partial charge in [0.1, 0.15) is 0 Å². The second kappa shape index (κ2) is 13.2. The fourth-order valence-corrected chi connectivity index (χ4v) is 7.35. The van der Waals surface area contributed by atoms with Crippen LogP contribution in [0.2, 0.25) is 6.32 Å². The molecule has 0 unspecified atom stereocenters. The lowest BCUT2D eigenvalue weighted by molar-refractivity contribution is -0.137. The summed E-state index contributed by atoms with van der Waals surface area (Å²) in [5, 5.41) is 21.2. The van der Waals surface area contributed by atoms with E-state index in [2.05, 4.69) is 34.5 Å². The van der Waals surface area contributed by atoms with E-state index in [1.807, 2.05) is 30.3 Å². The summed E-state index contributed by atoms with van der Waals surface area (Å²) in [6.07, 6.45) is 5.36. The molecule has 2 aromatic rings. The molecule has 43 heavy (non-hydrogen) atoms. The second-order valence-electron chi connectivity index (χ2n) is 11.0. The lowest BCUT2D eigenvalue weighted by Crippen LogP contribution is -2.46. The van der Waals surface area contributed by atoms with Gasteiger partial charge in [0.15, 0.2) is 11.5 Å². The van der Waals surface area contributed by atoms with Crippen LogP contribution in [0.4, 0.5) is 4.79 Å². The molecule has 226 valence electrons. The maximum Gasteiger partial charge on any atom is 0.455 e. The maximum atomic E-state index is 13.5. The van der Waals surface area contributed by atoms with Gasteiger partial charge in [-0.15, -0.1) is 0 Å². The molecule has 3 heterocycles. The van der Waals surface area contributed by atoms with Crippen molar-refractivity contribution >= 4 is 59.3 Å². The van der Waals surface area contributed by atoms with E-state index in [1.54, 1.807) is 12.3 Å². The van der Waals surface area contributed by atoms with Crippen LogP contribution < -0.4 is 4.74 Å². The third-order valence-corrected chi connectivity index (χ3v) is 9.32. The van der Waals surface area contributed by atoms with Gasteiger partial charge >= 0.3 is 13.2 Å². The summed E-state index contributed by atoms with van der Waals surface area (Å²) in [6.45, 7) is 2.06. The molecule has 2 N–H and O–H groups in total. The number of aromatic nitrogens is 1. The number of benzene rings is 1. The lowest BCUT2D eigenvalue weighted by Gasteiger charge is -2.43. The molecule has 0 radical (unpaired) electrons. The number of hydrogen-bond acceptors (Lipinski definition) is 9. The van der Waals surface area contributed by atoms with E-state index in [9.17, 15) is 24.5 Å². The molecule has 2 saturated heterocycles. The van der Waals surface area contributed by atoms with Crippen molar-refractivity contribution < 1.29 is 38.6 Å². The molecule has 10 nitrogen and oxygen atoms in total. The number of methoxy groups -OCH3 is 2. The zero-order chi connectivity index (χ0) is 30.8. The van der Waals surface area contributed by atoms with Crippen LogP contribution in [0.1, 0.15) is 50.3 Å². The average Bonchev–Trinajstić information content (AvgIpc) is 3.25. The summed E-state index contributed by atoms with van der Waals surface area (Å²) >= 11 is 2.06. The highest BCUT2D eigenvalue weighted by atomic mass is 127. The number of likely N-dealkylation sites (tertiary alicyclic amines) is 1. The summed E-state index contributed by atoms with van der Waals surface area (Å²) in [4.78, 5) is 44.2. The molecule has 2 fully saturated rings. The van der Waals surface area contributed by atoms with Crippen LogP contribution in [0, 0.1) is 21.3 Å². The van der Waals surface area contributed by atoms with Gasteiger partial charge in [0.2, 0.25) is 11.8 Å². The Hall–Kier alpha value is -3.23. The Morgan fingerprint density at radius 1 is 1.23 bits per heavy atom. The zero-order valence-electron chi connectivity index (χ0n) is 24.3. The fourth-order valence-electron chi connectivity index (χ4n) is 6.72. The van der Waals surface area contributed by atoms with E-state index in [0.29, 0.717) is 33.5 Å². The van der Waals surface area contributed by atoms with Gasteiger partial charge in [-0.25, -0.2) is 4.79 Å². The van der Waals surface area contributed by atoms with Crippen molar-refractivity contribution in [1.82, 2.24) is 9.88 Å². The predicted octanol–water partition coefficient (Wildman–Crippen LogP) is 5.08. The van der Waals surface area contributed by atoms with Crippen molar-refractivity contribution in [2.24, 2.45) is 17.8 Å². The van der Waals surface area contributed by atoms with Gasteiger partial charge in [-0.2, -0.15) is 4.90 Å². The van der Waals surface area contributed by atoms with Gasteiger partial charge in [0, 0.05) is 6.20 Å². The number of nitrogens with zero attached hydrogens (tertiary/aromatic N) is 2. The van der Waals surface area contributed by atoms with Crippen LogP contribution in [0.25, 0.3) is 11.6 Å². The Morgan fingerprint density at radius 3 is 2.70 bits per heavy atom. The van der Waals surface area contributed by atoms with Crippen LogP contribution in [0.15, 0.2) is 47.7 Å². The smallest absolute Gasteiger partial charge is 0.455 e. The van der Waals surface area contributed by atoms with Crippen LogP contribution in [0.5, 0.6) is 11.5 Å². The number of aromatic hydroxyl groups is 1. The summed E-state index contributed by atoms with van der Waals surface area (Å²) in [6, 6.07) is 9.29. The van der Waals surface area contributed by atoms with Crippen molar-refractivity contribution in [3.8, 4) is 11.5 Å². The summed E-state index contributed by atoms with van der Waals surface area (Å²) in [7, 11) is 1.53. The van der Waals surface area contributed by atoms with E-state index in [0.717, 1.165) is 47.9 Å². The van der Waals surface area contributed by atoms with E-state index >= 15 is 0 Å². The highest BCUT2D eigenvalue weighted by Gasteiger charge is 2.59. The van der Waals surface area contributed by atoms with Crippen LogP contribution >= 0.6 is 22.6 Å². The van der Waals surface area contributed by atoms with Gasteiger partial charge < -0.3 is 24.3 Å². The quantitative estimate of drug-likeness (QED) is 0.167. The van der Waals surface area contributed by atoms with Crippen LogP contribution in [-0.4, -0.2) is 65.4 Å². The standard InChI is InChI=1S/C31H34BIN2O8/c1-4-7-19-15-20-27(30(38)35(29(20)37)31(39)42-3)21-16-32(40)43-24(26(19)21)10-9-18(23-8-5-6-11-34-23)12-17-13-22(33)28(36)25(14-17)41-2/h5-6,8,11-14,20-21,24,27,36,40H,4,7,9-10,15-16H2,1-3H3/b18-12-/t20-,21+,24-,27-/m1/s1. The van der Waals surface area contributed by atoms with Crippen molar-refractivity contribution in [1.29, 1.82) is 0 Å². The molecule has 4 atom stereocenters. The average molecular weight is 700 g/mol. The van der Waals surface area contributed by atoms with Gasteiger partial charge in [-0.05, 0) is 108 Å². The summed E-state index contributed by atoms with van der Waals surface area (Å²) < 4.78 is 16.9. The van der Waals surface area contributed by atoms with Gasteiger partial charge in [0.25, 0.3) is 0 Å². The largest absolute Gasteiger partial charge is 0.504 e. The summed E-state index contributed by atoms with van der Waals surface area (Å²) in [5.41, 5.74) is 4.53. The number of carbonyl (C=O) groups excluding carboxylic acids is 3. The number of halogens is 1. The van der Waals surface area contributed by atoms with E-state index in [1.165, 1.54) is 7.11 Å². The van der Waals surface area contributed by atoms with Crippen molar-refractivity contribution in [2.45, 2.75) is 51.5 Å². The molecule has 1 aliphatic carbocycles. The number of carbonyl (C=O) groups is 3. The third-order valence-electron chi connectivity index (χ3n) is 8.50. The number of allylic oxidation sites excluding steroid dienone is 2. The van der Waals surface area contributed by atoms with Crippen molar-refractivity contribution in [2.75, 3.05) is 14.2 Å². The Kier molecular flexibility index (Phi) is 9.57. The molecule has 1 aromatic heterocycles. The monoisotopic (exact) mass is 700 g/mol. The highest BCUT2D eigenvalue weighted by Crippen LogP contribution is 2.51. The van der Waals surface area contributed by atoms with E-state index in [4.69, 9.17) is 14.1 Å². The first kappa shape index (κ1) is 31.2. The number of pyridine rings is 1. The number of fused-ring (bicyclic) bond motifs is 3. The minimum absolute atomic E-state index is 0.0759. The van der Waals surface area contributed by atoms with Crippen molar-refractivity contribution in [3.63, 3.8) is 0 Å². The van der Waals surface area contributed by atoms with Gasteiger partial charge in [0.05, 0.1) is 41.4 Å². The second-order valence-corrected chi connectivity index (χ2v) is 12.2. The number of ether oxygens (including phenoxy) is 2. The molecule has 1 aromatic carbocycles. The zero-order valence-corrected chi connectivity index (χ0v) is 26.4. The topological polar surface area (TPSA) is 135 Å². The highest BCUT2D eigenvalue weighted by molar-refractivity contribution is 14.1. The number of amides is 3. The van der Waals surface area contributed by atoms with Crippen LogP contribution in [-0.2, 0) is 19.0 Å². The Bertz CT molecular complexity index is 1480. The summed E-state index contributed by atoms with van der Waals surface area (Å²) in [5.74, 6) is -2.51. The SMILES string of the molecule is CCCC1=C2[C@@H](CC/C(=C/c3cc(I)c(O)c(OC)c3)c3ccccn3)OB(O)C[C@@H]2[C@@H]2C(=O)N(C(=O)OC)C(=O)[C@@H]2C1. The normalized spacial score (nSPS) is 23.8. The molecule has 0 bridgehead atoms. The van der Waals surface area contributed by atoms with E-state index in [-0.39, 0.29) is 12.1 Å². The van der Waals surface area contributed by atoms with Gasteiger partial charge in [-0.3, -0.25) is 14.6 Å².